The predicted molar refractivity (Wildman–Crippen MR) is 324 cm³/mol. The van der Waals surface area contributed by atoms with E-state index < -0.39 is 12.1 Å². The van der Waals surface area contributed by atoms with Crippen LogP contribution in [-0.4, -0.2) is 47.4 Å². The Hall–Kier alpha value is -2.18. The molecule has 1 amide bonds. The lowest BCUT2D eigenvalue weighted by atomic mass is 10.0. The quantitative estimate of drug-likeness (QED) is 0.0320. The number of hydrogen-bond donors (Lipinski definition) is 3. The van der Waals surface area contributed by atoms with E-state index in [0.29, 0.717) is 19.4 Å². The van der Waals surface area contributed by atoms with Crippen molar-refractivity contribution < 1.29 is 24.5 Å². The maximum Gasteiger partial charge on any atom is 0.305 e. The van der Waals surface area contributed by atoms with Gasteiger partial charge < -0.3 is 20.3 Å². The average Bonchev–Trinajstić information content (AvgIpc) is 3.40. The van der Waals surface area contributed by atoms with Gasteiger partial charge in [-0.15, -0.1) is 0 Å². The number of carbonyl (C=O) groups is 2. The first-order chi connectivity index (χ1) is 36.5. The first-order valence-electron chi connectivity index (χ1n) is 32.9. The first-order valence-corrected chi connectivity index (χ1v) is 32.9. The van der Waals surface area contributed by atoms with Crippen LogP contribution in [0.25, 0.3) is 0 Å². The number of hydrogen-bond acceptors (Lipinski definition) is 5. The number of carbonyl (C=O) groups excluding carboxylic acids is 2. The average molecular weight is 1040 g/mol. The number of rotatable bonds is 61. The van der Waals surface area contributed by atoms with Crippen LogP contribution in [0.4, 0.5) is 0 Å². The van der Waals surface area contributed by atoms with Gasteiger partial charge in [0.2, 0.25) is 5.91 Å². The molecule has 74 heavy (non-hydrogen) atoms. The highest BCUT2D eigenvalue weighted by molar-refractivity contribution is 5.76. The van der Waals surface area contributed by atoms with Crippen molar-refractivity contribution in [1.29, 1.82) is 0 Å². The molecular weight excluding hydrogens is 911 g/mol. The van der Waals surface area contributed by atoms with Gasteiger partial charge in [0, 0.05) is 12.8 Å². The zero-order chi connectivity index (χ0) is 53.6. The maximum absolute atomic E-state index is 12.5. The maximum atomic E-state index is 12.5. The lowest BCUT2D eigenvalue weighted by Gasteiger charge is -2.20. The van der Waals surface area contributed by atoms with Gasteiger partial charge in [-0.05, 0) is 83.5 Å². The van der Waals surface area contributed by atoms with E-state index in [4.69, 9.17) is 4.74 Å². The summed E-state index contributed by atoms with van der Waals surface area (Å²) in [7, 11) is 0. The molecule has 0 saturated heterocycles. The number of allylic oxidation sites excluding steroid dienone is 7. The molecule has 0 bridgehead atoms. The smallest absolute Gasteiger partial charge is 0.305 e. The van der Waals surface area contributed by atoms with Crippen LogP contribution in [0.2, 0.25) is 0 Å². The second-order valence-corrected chi connectivity index (χ2v) is 22.4. The summed E-state index contributed by atoms with van der Waals surface area (Å²) >= 11 is 0. The fourth-order valence-electron chi connectivity index (χ4n) is 10.0. The van der Waals surface area contributed by atoms with Gasteiger partial charge in [-0.3, -0.25) is 9.59 Å². The molecule has 0 spiro atoms. The van der Waals surface area contributed by atoms with Crippen molar-refractivity contribution in [3.8, 4) is 0 Å². The Morgan fingerprint density at radius 1 is 0.378 bits per heavy atom. The number of aliphatic hydroxyl groups is 2. The number of ether oxygens (including phenoxy) is 1. The Bertz CT molecular complexity index is 1240. The van der Waals surface area contributed by atoms with E-state index in [0.717, 1.165) is 51.4 Å². The van der Waals surface area contributed by atoms with Gasteiger partial charge in [0.1, 0.15) is 0 Å². The third-order valence-electron chi connectivity index (χ3n) is 15.0. The Morgan fingerprint density at radius 3 is 1.09 bits per heavy atom. The van der Waals surface area contributed by atoms with Crippen LogP contribution in [0.15, 0.2) is 48.6 Å². The van der Waals surface area contributed by atoms with Crippen LogP contribution >= 0.6 is 0 Å². The molecule has 6 nitrogen and oxygen atoms in total. The molecule has 2 atom stereocenters. The fraction of sp³-hybridized carbons (Fsp3) is 0.853. The van der Waals surface area contributed by atoms with Gasteiger partial charge in [-0.1, -0.05) is 300 Å². The van der Waals surface area contributed by atoms with E-state index in [1.54, 1.807) is 6.08 Å². The summed E-state index contributed by atoms with van der Waals surface area (Å²) in [5, 5.41) is 23.1. The Balaban J connectivity index is 3.40. The molecule has 2 unspecified atom stereocenters. The number of esters is 1. The van der Waals surface area contributed by atoms with Crippen molar-refractivity contribution in [3.63, 3.8) is 0 Å². The molecule has 0 aliphatic rings. The molecule has 0 aromatic rings. The number of unbranched alkanes of at least 4 members (excludes halogenated alkanes) is 44. The van der Waals surface area contributed by atoms with Gasteiger partial charge in [-0.2, -0.15) is 0 Å². The third-order valence-corrected chi connectivity index (χ3v) is 15.0. The number of aliphatic hydroxyl groups excluding tert-OH is 2. The van der Waals surface area contributed by atoms with E-state index in [2.05, 4.69) is 55.6 Å². The summed E-state index contributed by atoms with van der Waals surface area (Å²) in [4.78, 5) is 24.5. The minimum absolute atomic E-state index is 0.000535. The molecular formula is C68H127NO5. The van der Waals surface area contributed by atoms with Crippen LogP contribution in [0.1, 0.15) is 348 Å². The van der Waals surface area contributed by atoms with Crippen LogP contribution in [0, 0.1) is 0 Å². The highest BCUT2D eigenvalue weighted by Gasteiger charge is 2.18. The van der Waals surface area contributed by atoms with Crippen molar-refractivity contribution >= 4 is 11.9 Å². The normalized spacial score (nSPS) is 12.9. The molecule has 0 aromatic carbocycles. The SMILES string of the molecule is CCC/C=C\C/C=C\CCCCCCCC(=O)OCCCCCCCCCCCCCC/C=C\CCCCCCCCCCCCCCCC(=O)NC(CO)C(O)/C=C/CCCCCCCCCCCCCCC. The minimum atomic E-state index is -0.844. The molecule has 0 heterocycles. The second kappa shape index (κ2) is 63.4. The van der Waals surface area contributed by atoms with Gasteiger partial charge in [0.05, 0.1) is 25.4 Å². The molecule has 3 N–H and O–H groups in total. The predicted octanol–water partition coefficient (Wildman–Crippen LogP) is 20.9. The molecule has 0 aliphatic carbocycles. The first kappa shape index (κ1) is 71.8. The number of amides is 1. The summed E-state index contributed by atoms with van der Waals surface area (Å²) in [5.74, 6) is -0.0655. The van der Waals surface area contributed by atoms with Crippen LogP contribution in [0.5, 0.6) is 0 Å². The summed E-state index contributed by atoms with van der Waals surface area (Å²) in [5.41, 5.74) is 0. The lowest BCUT2D eigenvalue weighted by molar-refractivity contribution is -0.143. The summed E-state index contributed by atoms with van der Waals surface area (Å²) in [6.07, 6.45) is 81.7. The lowest BCUT2D eigenvalue weighted by Crippen LogP contribution is -2.45. The molecule has 0 fully saturated rings. The number of nitrogens with one attached hydrogen (secondary N) is 1. The van der Waals surface area contributed by atoms with Crippen LogP contribution in [0.3, 0.4) is 0 Å². The van der Waals surface area contributed by atoms with Crippen molar-refractivity contribution in [2.45, 2.75) is 360 Å². The molecule has 434 valence electrons. The molecule has 0 radical (unpaired) electrons. The summed E-state index contributed by atoms with van der Waals surface area (Å²) in [6.45, 7) is 4.85. The van der Waals surface area contributed by atoms with E-state index >= 15 is 0 Å². The Morgan fingerprint density at radius 2 is 0.703 bits per heavy atom. The van der Waals surface area contributed by atoms with E-state index in [9.17, 15) is 19.8 Å². The van der Waals surface area contributed by atoms with Crippen molar-refractivity contribution in [3.05, 3.63) is 48.6 Å². The largest absolute Gasteiger partial charge is 0.466 e. The Kier molecular flexibility index (Phi) is 61.5. The highest BCUT2D eigenvalue weighted by atomic mass is 16.5. The standard InChI is InChI=1S/C68H127NO5/c1-3-5-7-9-11-13-15-17-33-37-40-44-48-52-56-60-66(71)65(64-70)69-67(72)61-57-53-49-45-41-38-34-31-29-27-25-23-21-19-18-20-22-24-26-28-30-32-35-39-43-47-51-55-59-63-74-68(73)62-58-54-50-46-42-36-16-14-12-10-8-6-4-2/h8,10,14,16,18,20,56,60,65-66,70-71H,3-7,9,11-13,15,17,19,21-55,57-59,61-64H2,1-2H3,(H,69,72)/b10-8-,16-14-,20-18-,60-56+. The molecule has 6 heteroatoms. The van der Waals surface area contributed by atoms with Crippen molar-refractivity contribution in [2.24, 2.45) is 0 Å². The van der Waals surface area contributed by atoms with Crippen LogP contribution in [-0.2, 0) is 14.3 Å². The van der Waals surface area contributed by atoms with Gasteiger partial charge in [0.25, 0.3) is 0 Å². The molecule has 0 aliphatic heterocycles. The van der Waals surface area contributed by atoms with E-state index in [1.165, 1.54) is 270 Å². The third kappa shape index (κ3) is 59.1. The van der Waals surface area contributed by atoms with E-state index in [-0.39, 0.29) is 18.5 Å². The molecule has 0 rings (SSSR count). The zero-order valence-corrected chi connectivity index (χ0v) is 49.6. The highest BCUT2D eigenvalue weighted by Crippen LogP contribution is 2.17. The minimum Gasteiger partial charge on any atom is -0.466 e. The monoisotopic (exact) mass is 1040 g/mol. The summed E-state index contributed by atoms with van der Waals surface area (Å²) < 4.78 is 5.47. The zero-order valence-electron chi connectivity index (χ0n) is 49.6. The molecule has 0 aromatic heterocycles. The van der Waals surface area contributed by atoms with Gasteiger partial charge >= 0.3 is 5.97 Å². The Labute approximate surface area is 461 Å². The second-order valence-electron chi connectivity index (χ2n) is 22.4. The molecule has 0 saturated carbocycles. The van der Waals surface area contributed by atoms with Gasteiger partial charge in [0.15, 0.2) is 0 Å². The topological polar surface area (TPSA) is 95.9 Å². The van der Waals surface area contributed by atoms with Crippen molar-refractivity contribution in [2.75, 3.05) is 13.2 Å². The van der Waals surface area contributed by atoms with Crippen LogP contribution < -0.4 is 5.32 Å². The fourth-order valence-corrected chi connectivity index (χ4v) is 10.0. The summed E-state index contributed by atoms with van der Waals surface area (Å²) in [6, 6.07) is -0.627. The van der Waals surface area contributed by atoms with Crippen molar-refractivity contribution in [1.82, 2.24) is 5.32 Å². The van der Waals surface area contributed by atoms with Gasteiger partial charge in [-0.25, -0.2) is 0 Å². The van der Waals surface area contributed by atoms with E-state index in [1.807, 2.05) is 6.08 Å².